The molecule has 0 radical (unpaired) electrons. The first-order valence-electron chi connectivity index (χ1n) is 10.3. The van der Waals surface area contributed by atoms with Crippen LogP contribution in [0.2, 0.25) is 0 Å². The number of nitrogens with one attached hydrogen (secondary N) is 1. The minimum atomic E-state index is 0.198. The highest BCUT2D eigenvalue weighted by Crippen LogP contribution is 2.23. The molecule has 0 saturated carbocycles. The first-order valence-corrected chi connectivity index (χ1v) is 10.3. The Morgan fingerprint density at radius 3 is 2.93 bits per heavy atom. The van der Waals surface area contributed by atoms with E-state index < -0.39 is 0 Å². The van der Waals surface area contributed by atoms with Crippen LogP contribution in [0.25, 0.3) is 0 Å². The summed E-state index contributed by atoms with van der Waals surface area (Å²) in [6, 6.07) is 8.01. The molecular weight excluding hydrogens is 352 g/mol. The minimum Gasteiger partial charge on any atom is -0.494 e. The molecule has 1 saturated heterocycles. The number of hydrogen-bond donors (Lipinski definition) is 1. The number of fused-ring (bicyclic) bond motifs is 1. The lowest BCUT2D eigenvalue weighted by Crippen LogP contribution is -2.36. The largest absolute Gasteiger partial charge is 0.494 e. The lowest BCUT2D eigenvalue weighted by atomic mass is 10.0. The van der Waals surface area contributed by atoms with E-state index in [0.717, 1.165) is 67.3 Å². The third kappa shape index (κ3) is 4.33. The summed E-state index contributed by atoms with van der Waals surface area (Å²) in [5.74, 6) is 2.46. The smallest absolute Gasteiger partial charge is 0.223 e. The highest BCUT2D eigenvalue weighted by Gasteiger charge is 2.25. The van der Waals surface area contributed by atoms with Gasteiger partial charge in [0.2, 0.25) is 5.91 Å². The topological polar surface area (TPSA) is 67.3 Å². The van der Waals surface area contributed by atoms with E-state index >= 15 is 0 Å². The number of nitrogens with zero attached hydrogens (tertiary/aromatic N) is 3. The van der Waals surface area contributed by atoms with Gasteiger partial charge in [0.25, 0.3) is 0 Å². The Balaban J connectivity index is 1.32. The molecule has 2 aromatic rings. The Labute approximate surface area is 166 Å². The number of aromatic nitrogens is 2. The van der Waals surface area contributed by atoms with Gasteiger partial charge < -0.3 is 15.0 Å². The van der Waals surface area contributed by atoms with Crippen LogP contribution >= 0.6 is 0 Å². The molecule has 1 aromatic carbocycles. The van der Waals surface area contributed by atoms with Gasteiger partial charge in [-0.15, -0.1) is 0 Å². The average Bonchev–Trinajstić information content (AvgIpc) is 3.27. The van der Waals surface area contributed by atoms with Gasteiger partial charge in [0, 0.05) is 50.2 Å². The molecule has 6 nitrogen and oxygen atoms in total. The van der Waals surface area contributed by atoms with Gasteiger partial charge >= 0.3 is 0 Å². The summed E-state index contributed by atoms with van der Waals surface area (Å²) in [6.45, 7) is 6.02. The van der Waals surface area contributed by atoms with Crippen molar-refractivity contribution in [1.29, 1.82) is 0 Å². The van der Waals surface area contributed by atoms with Gasteiger partial charge in [-0.3, -0.25) is 4.79 Å². The summed E-state index contributed by atoms with van der Waals surface area (Å²) in [7, 11) is 0. The van der Waals surface area contributed by atoms with Crippen molar-refractivity contribution in [3.8, 4) is 5.75 Å². The summed E-state index contributed by atoms with van der Waals surface area (Å²) in [5, 5.41) is 3.37. The fraction of sp³-hybridized carbons (Fsp3) is 0.500. The standard InChI is InChI=1S/C22H28N4O2/c1-2-28-19-6-3-16(4-7-19)5-8-21(27)26-12-10-20-18(15-26)14-24-22(25-20)17-9-11-23-13-17/h3-4,6-7,14,17,23H,2,5,8-13,15H2,1H3/t17-/m0/s1. The Morgan fingerprint density at radius 2 is 2.18 bits per heavy atom. The predicted molar refractivity (Wildman–Crippen MR) is 107 cm³/mol. The third-order valence-corrected chi connectivity index (χ3v) is 5.59. The number of carbonyl (C=O) groups is 1. The molecule has 2 aliphatic rings. The molecule has 2 aliphatic heterocycles. The predicted octanol–water partition coefficient (Wildman–Crippen LogP) is 2.47. The van der Waals surface area contributed by atoms with Crippen LogP contribution in [0.5, 0.6) is 5.75 Å². The number of amides is 1. The summed E-state index contributed by atoms with van der Waals surface area (Å²) in [5.41, 5.74) is 3.37. The number of carbonyl (C=O) groups excluding carboxylic acids is 1. The van der Waals surface area contributed by atoms with Crippen LogP contribution < -0.4 is 10.1 Å². The number of ether oxygens (including phenoxy) is 1. The molecule has 6 heteroatoms. The molecule has 0 bridgehead atoms. The van der Waals surface area contributed by atoms with Crippen molar-refractivity contribution >= 4 is 5.91 Å². The van der Waals surface area contributed by atoms with Gasteiger partial charge in [-0.2, -0.15) is 0 Å². The van der Waals surface area contributed by atoms with Crippen molar-refractivity contribution in [2.75, 3.05) is 26.2 Å². The van der Waals surface area contributed by atoms with Gasteiger partial charge in [0.15, 0.2) is 0 Å². The number of benzene rings is 1. The number of rotatable bonds is 6. The van der Waals surface area contributed by atoms with Gasteiger partial charge in [-0.1, -0.05) is 12.1 Å². The summed E-state index contributed by atoms with van der Waals surface area (Å²) >= 11 is 0. The molecular formula is C22H28N4O2. The maximum Gasteiger partial charge on any atom is 0.223 e. The lowest BCUT2D eigenvalue weighted by Gasteiger charge is -2.28. The Kier molecular flexibility index (Phi) is 5.86. The molecule has 0 aliphatic carbocycles. The molecule has 3 heterocycles. The second-order valence-electron chi connectivity index (χ2n) is 7.53. The van der Waals surface area contributed by atoms with Crippen molar-refractivity contribution in [3.63, 3.8) is 0 Å². The monoisotopic (exact) mass is 380 g/mol. The molecule has 148 valence electrons. The molecule has 1 amide bonds. The second-order valence-corrected chi connectivity index (χ2v) is 7.53. The first kappa shape index (κ1) is 18.9. The average molecular weight is 380 g/mol. The SMILES string of the molecule is CCOc1ccc(CCC(=O)N2CCc3nc([C@H]4CCNC4)ncc3C2)cc1. The maximum absolute atomic E-state index is 12.7. The lowest BCUT2D eigenvalue weighted by molar-refractivity contribution is -0.132. The van der Waals surface area contributed by atoms with Gasteiger partial charge in [0.05, 0.1) is 12.3 Å². The van der Waals surface area contributed by atoms with Crippen LogP contribution in [0.1, 0.15) is 48.3 Å². The van der Waals surface area contributed by atoms with Gasteiger partial charge in [0.1, 0.15) is 11.6 Å². The normalized spacial score (nSPS) is 18.8. The molecule has 0 unspecified atom stereocenters. The van der Waals surface area contributed by atoms with E-state index in [1.54, 1.807) is 0 Å². The molecule has 28 heavy (non-hydrogen) atoms. The Morgan fingerprint density at radius 1 is 1.32 bits per heavy atom. The van der Waals surface area contributed by atoms with E-state index in [4.69, 9.17) is 9.72 Å². The molecule has 1 atom stereocenters. The van der Waals surface area contributed by atoms with Crippen LogP contribution in [0.15, 0.2) is 30.5 Å². The van der Waals surface area contributed by atoms with E-state index in [-0.39, 0.29) is 5.91 Å². The molecule has 0 spiro atoms. The third-order valence-electron chi connectivity index (χ3n) is 5.59. The van der Waals surface area contributed by atoms with E-state index in [1.807, 2.05) is 42.3 Å². The molecule has 1 aromatic heterocycles. The highest BCUT2D eigenvalue weighted by atomic mass is 16.5. The van der Waals surface area contributed by atoms with Crippen LogP contribution in [0, 0.1) is 0 Å². The molecule has 4 rings (SSSR count). The van der Waals surface area contributed by atoms with Crippen molar-refractivity contribution in [1.82, 2.24) is 20.2 Å². The van der Waals surface area contributed by atoms with Crippen LogP contribution in [0.3, 0.4) is 0 Å². The van der Waals surface area contributed by atoms with Crippen LogP contribution in [-0.4, -0.2) is 47.0 Å². The van der Waals surface area contributed by atoms with E-state index in [2.05, 4.69) is 10.3 Å². The van der Waals surface area contributed by atoms with Gasteiger partial charge in [-0.25, -0.2) is 9.97 Å². The highest BCUT2D eigenvalue weighted by molar-refractivity contribution is 5.76. The summed E-state index contributed by atoms with van der Waals surface area (Å²) in [4.78, 5) is 24.0. The van der Waals surface area contributed by atoms with E-state index in [0.29, 0.717) is 25.5 Å². The zero-order chi connectivity index (χ0) is 19.3. The quantitative estimate of drug-likeness (QED) is 0.834. The van der Waals surface area contributed by atoms with Crippen molar-refractivity contribution in [3.05, 3.63) is 53.1 Å². The van der Waals surface area contributed by atoms with Crippen LogP contribution in [0.4, 0.5) is 0 Å². The van der Waals surface area contributed by atoms with Crippen LogP contribution in [-0.2, 0) is 24.2 Å². The summed E-state index contributed by atoms with van der Waals surface area (Å²) < 4.78 is 5.47. The maximum atomic E-state index is 12.7. The van der Waals surface area contributed by atoms with E-state index in [9.17, 15) is 4.79 Å². The zero-order valence-electron chi connectivity index (χ0n) is 16.5. The molecule has 1 N–H and O–H groups in total. The first-order chi connectivity index (χ1) is 13.7. The Hall–Kier alpha value is -2.47. The van der Waals surface area contributed by atoms with Gasteiger partial charge in [-0.05, 0) is 44.0 Å². The van der Waals surface area contributed by atoms with Crippen molar-refractivity contribution < 1.29 is 9.53 Å². The summed E-state index contributed by atoms with van der Waals surface area (Å²) in [6.07, 6.45) is 5.13. The minimum absolute atomic E-state index is 0.198. The number of aryl methyl sites for hydroxylation is 1. The molecule has 1 fully saturated rings. The fourth-order valence-electron chi connectivity index (χ4n) is 3.94. The Bertz CT molecular complexity index is 816. The second kappa shape index (κ2) is 8.69. The van der Waals surface area contributed by atoms with Crippen molar-refractivity contribution in [2.45, 2.75) is 45.1 Å². The van der Waals surface area contributed by atoms with E-state index in [1.165, 1.54) is 0 Å². The van der Waals surface area contributed by atoms with Crippen molar-refractivity contribution in [2.24, 2.45) is 0 Å². The number of hydrogen-bond acceptors (Lipinski definition) is 5. The zero-order valence-corrected chi connectivity index (χ0v) is 16.5. The fourth-order valence-corrected chi connectivity index (χ4v) is 3.94.